The predicted octanol–water partition coefficient (Wildman–Crippen LogP) is 6.53. The van der Waals surface area contributed by atoms with Crippen molar-refractivity contribution >= 4 is 39.1 Å². The Morgan fingerprint density at radius 2 is 1.74 bits per heavy atom. The molecule has 0 radical (unpaired) electrons. The number of carbonyl (C=O) groups excluding carboxylic acids is 1. The standard InChI is InChI=1S/C24H20BrClN4O/c1-14-7-8-15(2)20(13-14)30-23(17-9-11-18(25)12-10-17)28-22(29-30)24(31)27-21-16(3)5-4-6-19(21)26/h4-13H,1-3H3,(H,27,31). The number of para-hydroxylation sites is 1. The number of nitrogens with zero attached hydrogens (tertiary/aromatic N) is 3. The van der Waals surface area contributed by atoms with Crippen molar-refractivity contribution in [3.05, 3.63) is 92.7 Å². The van der Waals surface area contributed by atoms with Crippen molar-refractivity contribution in [1.82, 2.24) is 14.8 Å². The Morgan fingerprint density at radius 1 is 1.00 bits per heavy atom. The first-order chi connectivity index (χ1) is 14.8. The van der Waals surface area contributed by atoms with Gasteiger partial charge >= 0.3 is 0 Å². The molecule has 3 aromatic carbocycles. The molecule has 1 amide bonds. The van der Waals surface area contributed by atoms with Gasteiger partial charge in [0, 0.05) is 10.0 Å². The fourth-order valence-corrected chi connectivity index (χ4v) is 3.80. The Balaban J connectivity index is 1.82. The molecule has 0 saturated heterocycles. The summed E-state index contributed by atoms with van der Waals surface area (Å²) >= 11 is 9.74. The summed E-state index contributed by atoms with van der Waals surface area (Å²) in [5, 5.41) is 7.90. The second-order valence-electron chi connectivity index (χ2n) is 7.35. The fourth-order valence-electron chi connectivity index (χ4n) is 3.27. The smallest absolute Gasteiger partial charge is 0.295 e. The molecule has 1 heterocycles. The lowest BCUT2D eigenvalue weighted by atomic mass is 10.1. The predicted molar refractivity (Wildman–Crippen MR) is 128 cm³/mol. The van der Waals surface area contributed by atoms with E-state index in [9.17, 15) is 4.79 Å². The van der Waals surface area contributed by atoms with Crippen LogP contribution in [0.2, 0.25) is 5.02 Å². The minimum absolute atomic E-state index is 0.0677. The Bertz CT molecular complexity index is 1260. The molecule has 4 rings (SSSR count). The number of aromatic nitrogens is 3. The molecule has 0 unspecified atom stereocenters. The molecule has 0 bridgehead atoms. The molecule has 1 aromatic heterocycles. The van der Waals surface area contributed by atoms with E-state index in [2.05, 4.69) is 31.3 Å². The van der Waals surface area contributed by atoms with Crippen LogP contribution in [-0.4, -0.2) is 20.7 Å². The molecule has 0 fully saturated rings. The van der Waals surface area contributed by atoms with Gasteiger partial charge < -0.3 is 5.32 Å². The topological polar surface area (TPSA) is 59.8 Å². The van der Waals surface area contributed by atoms with Crippen molar-refractivity contribution in [1.29, 1.82) is 0 Å². The summed E-state index contributed by atoms with van der Waals surface area (Å²) in [5.74, 6) is 0.235. The third-order valence-electron chi connectivity index (χ3n) is 4.97. The largest absolute Gasteiger partial charge is 0.318 e. The van der Waals surface area contributed by atoms with Gasteiger partial charge in [0.2, 0.25) is 5.82 Å². The molecular weight excluding hydrogens is 476 g/mol. The van der Waals surface area contributed by atoms with E-state index in [1.54, 1.807) is 10.7 Å². The lowest BCUT2D eigenvalue weighted by molar-refractivity contribution is 0.101. The van der Waals surface area contributed by atoms with Gasteiger partial charge in [-0.3, -0.25) is 4.79 Å². The van der Waals surface area contributed by atoms with Crippen molar-refractivity contribution in [3.8, 4) is 17.1 Å². The lowest BCUT2D eigenvalue weighted by Gasteiger charge is -2.10. The normalized spacial score (nSPS) is 10.9. The summed E-state index contributed by atoms with van der Waals surface area (Å²) in [6.07, 6.45) is 0. The van der Waals surface area contributed by atoms with Gasteiger partial charge in [-0.05, 0) is 61.7 Å². The van der Waals surface area contributed by atoms with Crippen LogP contribution in [0.15, 0.2) is 65.1 Å². The van der Waals surface area contributed by atoms with Crippen LogP contribution >= 0.6 is 27.5 Å². The summed E-state index contributed by atoms with van der Waals surface area (Å²) in [5.41, 5.74) is 5.27. The molecule has 0 aliphatic carbocycles. The van der Waals surface area contributed by atoms with E-state index in [0.29, 0.717) is 16.5 Å². The van der Waals surface area contributed by atoms with E-state index < -0.39 is 5.91 Å². The highest BCUT2D eigenvalue weighted by molar-refractivity contribution is 9.10. The van der Waals surface area contributed by atoms with E-state index in [-0.39, 0.29) is 5.82 Å². The highest BCUT2D eigenvalue weighted by Crippen LogP contribution is 2.28. The Morgan fingerprint density at radius 3 is 2.45 bits per heavy atom. The van der Waals surface area contributed by atoms with Crippen molar-refractivity contribution in [2.24, 2.45) is 0 Å². The molecule has 0 spiro atoms. The first kappa shape index (κ1) is 21.3. The quantitative estimate of drug-likeness (QED) is 0.350. The van der Waals surface area contributed by atoms with Crippen LogP contribution < -0.4 is 5.32 Å². The number of benzene rings is 3. The van der Waals surface area contributed by atoms with Crippen LogP contribution in [-0.2, 0) is 0 Å². The van der Waals surface area contributed by atoms with Crippen LogP contribution in [0.5, 0.6) is 0 Å². The highest BCUT2D eigenvalue weighted by atomic mass is 79.9. The molecule has 4 aromatic rings. The Hall–Kier alpha value is -2.96. The van der Waals surface area contributed by atoms with Gasteiger partial charge in [0.15, 0.2) is 5.82 Å². The maximum atomic E-state index is 13.0. The average Bonchev–Trinajstić information content (AvgIpc) is 3.18. The zero-order valence-electron chi connectivity index (χ0n) is 17.3. The molecule has 0 atom stereocenters. The molecule has 0 aliphatic rings. The van der Waals surface area contributed by atoms with E-state index in [4.69, 9.17) is 11.6 Å². The maximum absolute atomic E-state index is 13.0. The van der Waals surface area contributed by atoms with Crippen molar-refractivity contribution in [2.45, 2.75) is 20.8 Å². The van der Waals surface area contributed by atoms with Crippen LogP contribution in [0, 0.1) is 20.8 Å². The summed E-state index contributed by atoms with van der Waals surface area (Å²) in [4.78, 5) is 17.6. The molecule has 0 aliphatic heterocycles. The van der Waals surface area contributed by atoms with Crippen molar-refractivity contribution in [2.75, 3.05) is 5.32 Å². The van der Waals surface area contributed by atoms with E-state index in [0.717, 1.165) is 32.4 Å². The number of nitrogens with one attached hydrogen (secondary N) is 1. The number of aryl methyl sites for hydroxylation is 3. The van der Waals surface area contributed by atoms with E-state index in [1.165, 1.54) is 0 Å². The minimum Gasteiger partial charge on any atom is -0.318 e. The van der Waals surface area contributed by atoms with Gasteiger partial charge in [0.25, 0.3) is 5.91 Å². The molecule has 5 nitrogen and oxygen atoms in total. The first-order valence-electron chi connectivity index (χ1n) is 9.70. The molecule has 31 heavy (non-hydrogen) atoms. The summed E-state index contributed by atoms with van der Waals surface area (Å²) in [7, 11) is 0. The molecular formula is C24H20BrClN4O. The third-order valence-corrected chi connectivity index (χ3v) is 5.81. The van der Waals surface area contributed by atoms with Gasteiger partial charge in [0.05, 0.1) is 16.4 Å². The van der Waals surface area contributed by atoms with Crippen LogP contribution in [0.1, 0.15) is 27.3 Å². The average molecular weight is 496 g/mol. The second kappa shape index (κ2) is 8.65. The monoisotopic (exact) mass is 494 g/mol. The number of hydrogen-bond acceptors (Lipinski definition) is 3. The van der Waals surface area contributed by atoms with Gasteiger partial charge in [0.1, 0.15) is 0 Å². The van der Waals surface area contributed by atoms with E-state index >= 15 is 0 Å². The molecule has 156 valence electrons. The fraction of sp³-hybridized carbons (Fsp3) is 0.125. The lowest BCUT2D eigenvalue weighted by Crippen LogP contribution is -2.15. The van der Waals surface area contributed by atoms with Crippen LogP contribution in [0.3, 0.4) is 0 Å². The van der Waals surface area contributed by atoms with Gasteiger partial charge in [-0.1, -0.05) is 63.9 Å². The number of anilines is 1. The van der Waals surface area contributed by atoms with Gasteiger partial charge in [-0.15, -0.1) is 5.10 Å². The summed E-state index contributed by atoms with van der Waals surface area (Å²) < 4.78 is 2.68. The Kier molecular flexibility index (Phi) is 5.94. The molecule has 1 N–H and O–H groups in total. The number of halogens is 2. The number of hydrogen-bond donors (Lipinski definition) is 1. The summed E-state index contributed by atoms with van der Waals surface area (Å²) in [6.45, 7) is 5.92. The van der Waals surface area contributed by atoms with E-state index in [1.807, 2.05) is 75.4 Å². The second-order valence-corrected chi connectivity index (χ2v) is 8.68. The number of rotatable bonds is 4. The highest BCUT2D eigenvalue weighted by Gasteiger charge is 2.21. The van der Waals surface area contributed by atoms with Crippen molar-refractivity contribution in [3.63, 3.8) is 0 Å². The third kappa shape index (κ3) is 4.40. The van der Waals surface area contributed by atoms with Crippen molar-refractivity contribution < 1.29 is 4.79 Å². The molecule has 7 heteroatoms. The first-order valence-corrected chi connectivity index (χ1v) is 10.9. The Labute approximate surface area is 194 Å². The summed E-state index contributed by atoms with van der Waals surface area (Å²) in [6, 6.07) is 19.3. The maximum Gasteiger partial charge on any atom is 0.295 e. The zero-order chi connectivity index (χ0) is 22.1. The number of amides is 1. The SMILES string of the molecule is Cc1ccc(C)c(-n2nc(C(=O)Nc3c(C)cccc3Cl)nc2-c2ccc(Br)cc2)c1. The zero-order valence-corrected chi connectivity index (χ0v) is 19.6. The molecule has 0 saturated carbocycles. The minimum atomic E-state index is -0.418. The van der Waals surface area contributed by atoms with Gasteiger partial charge in [-0.25, -0.2) is 9.67 Å². The van der Waals surface area contributed by atoms with Crippen LogP contribution in [0.4, 0.5) is 5.69 Å². The number of carbonyl (C=O) groups is 1. The van der Waals surface area contributed by atoms with Gasteiger partial charge in [-0.2, -0.15) is 0 Å². The van der Waals surface area contributed by atoms with Crippen LogP contribution in [0.25, 0.3) is 17.1 Å².